The van der Waals surface area contributed by atoms with Gasteiger partial charge in [-0.3, -0.25) is 0 Å². The third-order valence-corrected chi connectivity index (χ3v) is 2.87. The van der Waals surface area contributed by atoms with Crippen molar-refractivity contribution in [3.8, 4) is 5.75 Å². The molecule has 2 aromatic rings. The van der Waals surface area contributed by atoms with Crippen LogP contribution in [0.4, 0.5) is 5.13 Å². The molecule has 5 heteroatoms. The predicted molar refractivity (Wildman–Crippen MR) is 69.7 cm³/mol. The van der Waals surface area contributed by atoms with E-state index in [0.717, 1.165) is 10.9 Å². The van der Waals surface area contributed by atoms with Gasteiger partial charge in [-0.1, -0.05) is 29.0 Å². The van der Waals surface area contributed by atoms with Crippen molar-refractivity contribution in [1.82, 2.24) is 10.2 Å². The Morgan fingerprint density at radius 1 is 1.35 bits per heavy atom. The molecule has 0 aliphatic rings. The van der Waals surface area contributed by atoms with Crippen LogP contribution in [0.15, 0.2) is 29.8 Å². The van der Waals surface area contributed by atoms with Crippen LogP contribution in [-0.4, -0.2) is 22.8 Å². The zero-order chi connectivity index (χ0) is 12.1. The number of hydrogen-bond donors (Lipinski definition) is 1. The third kappa shape index (κ3) is 3.71. The van der Waals surface area contributed by atoms with Gasteiger partial charge in [0.25, 0.3) is 0 Å². The monoisotopic (exact) mass is 249 g/mol. The topological polar surface area (TPSA) is 47.0 Å². The zero-order valence-corrected chi connectivity index (χ0v) is 10.7. The molecule has 1 unspecified atom stereocenters. The largest absolute Gasteiger partial charge is 0.491 e. The minimum atomic E-state index is 0.198. The fourth-order valence-corrected chi connectivity index (χ4v) is 1.90. The van der Waals surface area contributed by atoms with Gasteiger partial charge >= 0.3 is 0 Å². The average Bonchev–Trinajstić information content (AvgIpc) is 2.81. The summed E-state index contributed by atoms with van der Waals surface area (Å²) in [6.45, 7) is 4.71. The Morgan fingerprint density at radius 2 is 2.12 bits per heavy atom. The van der Waals surface area contributed by atoms with E-state index in [2.05, 4.69) is 29.4 Å². The summed E-state index contributed by atoms with van der Waals surface area (Å²) in [5.74, 6) is 0.890. The van der Waals surface area contributed by atoms with Crippen LogP contribution in [0.1, 0.15) is 12.5 Å². The lowest BCUT2D eigenvalue weighted by molar-refractivity contribution is 0.304. The predicted octanol–water partition coefficient (Wildman–Crippen LogP) is 2.73. The number of benzene rings is 1. The second-order valence-corrected chi connectivity index (χ2v) is 4.75. The van der Waals surface area contributed by atoms with Crippen molar-refractivity contribution in [2.24, 2.45) is 0 Å². The van der Waals surface area contributed by atoms with Crippen molar-refractivity contribution in [2.75, 3.05) is 11.9 Å². The van der Waals surface area contributed by atoms with Gasteiger partial charge in [0.15, 0.2) is 0 Å². The molecule has 17 heavy (non-hydrogen) atoms. The van der Waals surface area contributed by atoms with E-state index in [4.69, 9.17) is 4.74 Å². The van der Waals surface area contributed by atoms with Crippen molar-refractivity contribution in [3.05, 3.63) is 35.3 Å². The van der Waals surface area contributed by atoms with Crippen molar-refractivity contribution >= 4 is 16.5 Å². The molecule has 0 spiro atoms. The van der Waals surface area contributed by atoms with Gasteiger partial charge in [0, 0.05) is 0 Å². The van der Waals surface area contributed by atoms with E-state index < -0.39 is 0 Å². The SMILES string of the molecule is Cc1ccc(OCC(C)Nc2nncs2)cc1. The molecule has 2 rings (SSSR count). The molecule has 90 valence electrons. The molecule has 0 amide bonds. The second-order valence-electron chi connectivity index (χ2n) is 3.91. The zero-order valence-electron chi connectivity index (χ0n) is 9.88. The van der Waals surface area contributed by atoms with Gasteiger partial charge < -0.3 is 10.1 Å². The molecule has 0 aliphatic carbocycles. The fourth-order valence-electron chi connectivity index (χ4n) is 1.34. The summed E-state index contributed by atoms with van der Waals surface area (Å²) < 4.78 is 5.67. The lowest BCUT2D eigenvalue weighted by atomic mass is 10.2. The minimum Gasteiger partial charge on any atom is -0.491 e. The molecule has 0 aliphatic heterocycles. The number of rotatable bonds is 5. The highest BCUT2D eigenvalue weighted by molar-refractivity contribution is 7.13. The Balaban J connectivity index is 1.79. The van der Waals surface area contributed by atoms with Crippen molar-refractivity contribution < 1.29 is 4.74 Å². The molecular formula is C12H15N3OS. The normalized spacial score (nSPS) is 12.1. The van der Waals surface area contributed by atoms with Crippen LogP contribution in [0.25, 0.3) is 0 Å². The van der Waals surface area contributed by atoms with Crippen LogP contribution in [0, 0.1) is 6.92 Å². The molecule has 1 aromatic carbocycles. The quantitative estimate of drug-likeness (QED) is 0.885. The highest BCUT2D eigenvalue weighted by Gasteiger charge is 2.05. The van der Waals surface area contributed by atoms with Crippen LogP contribution >= 0.6 is 11.3 Å². The highest BCUT2D eigenvalue weighted by Crippen LogP contribution is 2.13. The van der Waals surface area contributed by atoms with Crippen molar-refractivity contribution in [3.63, 3.8) is 0 Å². The number of hydrogen-bond acceptors (Lipinski definition) is 5. The van der Waals surface area contributed by atoms with Crippen molar-refractivity contribution in [1.29, 1.82) is 0 Å². The van der Waals surface area contributed by atoms with Gasteiger partial charge in [-0.2, -0.15) is 0 Å². The Labute approximate surface area is 105 Å². The second kappa shape index (κ2) is 5.63. The summed E-state index contributed by atoms with van der Waals surface area (Å²) in [5, 5.41) is 11.7. The maximum absolute atomic E-state index is 5.67. The third-order valence-electron chi connectivity index (χ3n) is 2.25. The van der Waals surface area contributed by atoms with Gasteiger partial charge in [0.2, 0.25) is 5.13 Å². The van der Waals surface area contributed by atoms with Crippen LogP contribution in [-0.2, 0) is 0 Å². The lowest BCUT2D eigenvalue weighted by Crippen LogP contribution is -2.23. The smallest absolute Gasteiger partial charge is 0.205 e. The summed E-state index contributed by atoms with van der Waals surface area (Å²) in [5.41, 5.74) is 2.94. The van der Waals surface area contributed by atoms with E-state index in [9.17, 15) is 0 Å². The first kappa shape index (κ1) is 11.9. The lowest BCUT2D eigenvalue weighted by Gasteiger charge is -2.13. The first-order valence-electron chi connectivity index (χ1n) is 5.46. The molecule has 1 heterocycles. The molecule has 0 saturated carbocycles. The summed E-state index contributed by atoms with van der Waals surface area (Å²) in [4.78, 5) is 0. The van der Waals surface area contributed by atoms with E-state index >= 15 is 0 Å². The molecule has 1 N–H and O–H groups in total. The Morgan fingerprint density at radius 3 is 2.76 bits per heavy atom. The first-order chi connectivity index (χ1) is 8.24. The van der Waals surface area contributed by atoms with Gasteiger partial charge in [-0.05, 0) is 26.0 Å². The van der Waals surface area contributed by atoms with Crippen molar-refractivity contribution in [2.45, 2.75) is 19.9 Å². The van der Waals surface area contributed by atoms with E-state index in [0.29, 0.717) is 6.61 Å². The van der Waals surface area contributed by atoms with Crippen LogP contribution in [0.5, 0.6) is 5.75 Å². The molecular weight excluding hydrogens is 234 g/mol. The number of ether oxygens (including phenoxy) is 1. The summed E-state index contributed by atoms with van der Waals surface area (Å²) in [6.07, 6.45) is 0. The summed E-state index contributed by atoms with van der Waals surface area (Å²) in [6, 6.07) is 8.24. The molecule has 0 saturated heterocycles. The Bertz CT molecular complexity index is 441. The summed E-state index contributed by atoms with van der Waals surface area (Å²) in [7, 11) is 0. The average molecular weight is 249 g/mol. The van der Waals surface area contributed by atoms with E-state index in [1.54, 1.807) is 5.51 Å². The number of nitrogens with one attached hydrogen (secondary N) is 1. The first-order valence-corrected chi connectivity index (χ1v) is 6.34. The molecule has 0 radical (unpaired) electrons. The van der Waals surface area contributed by atoms with E-state index in [-0.39, 0.29) is 6.04 Å². The van der Waals surface area contributed by atoms with Gasteiger partial charge in [0.1, 0.15) is 17.9 Å². The molecule has 1 aromatic heterocycles. The maximum Gasteiger partial charge on any atom is 0.205 e. The minimum absolute atomic E-state index is 0.198. The number of aryl methyl sites for hydroxylation is 1. The summed E-state index contributed by atoms with van der Waals surface area (Å²) >= 11 is 1.49. The maximum atomic E-state index is 5.67. The Kier molecular flexibility index (Phi) is 3.93. The number of aromatic nitrogens is 2. The molecule has 1 atom stereocenters. The number of nitrogens with zero attached hydrogens (tertiary/aromatic N) is 2. The van der Waals surface area contributed by atoms with Crippen LogP contribution < -0.4 is 10.1 Å². The van der Waals surface area contributed by atoms with Crippen LogP contribution in [0.3, 0.4) is 0 Å². The Hall–Kier alpha value is -1.62. The van der Waals surface area contributed by atoms with E-state index in [1.807, 2.05) is 24.3 Å². The molecule has 4 nitrogen and oxygen atoms in total. The van der Waals surface area contributed by atoms with Gasteiger partial charge in [-0.15, -0.1) is 10.2 Å². The van der Waals surface area contributed by atoms with Crippen LogP contribution in [0.2, 0.25) is 0 Å². The molecule has 0 fully saturated rings. The van der Waals surface area contributed by atoms with Gasteiger partial charge in [0.05, 0.1) is 6.04 Å². The standard InChI is InChI=1S/C12H15N3OS/c1-9-3-5-11(6-4-9)16-7-10(2)14-12-15-13-8-17-12/h3-6,8,10H,7H2,1-2H3,(H,14,15). The fraction of sp³-hybridized carbons (Fsp3) is 0.333. The highest BCUT2D eigenvalue weighted by atomic mass is 32.1. The molecule has 0 bridgehead atoms. The number of anilines is 1. The van der Waals surface area contributed by atoms with E-state index in [1.165, 1.54) is 16.9 Å². The van der Waals surface area contributed by atoms with Gasteiger partial charge in [-0.25, -0.2) is 0 Å².